The molecule has 0 fully saturated rings. The molecule has 1 heterocycles. The zero-order valence-electron chi connectivity index (χ0n) is 13.1. The van der Waals surface area contributed by atoms with Gasteiger partial charge in [0.2, 0.25) is 5.91 Å². The summed E-state index contributed by atoms with van der Waals surface area (Å²) < 4.78 is 27.1. The van der Waals surface area contributed by atoms with Crippen molar-refractivity contribution in [2.45, 2.75) is 17.7 Å². The van der Waals surface area contributed by atoms with Crippen LogP contribution in [0.1, 0.15) is 22.3 Å². The van der Waals surface area contributed by atoms with Crippen molar-refractivity contribution in [1.29, 1.82) is 0 Å². The predicted octanol–water partition coefficient (Wildman–Crippen LogP) is 1.84. The molecule has 0 atom stereocenters. The van der Waals surface area contributed by atoms with Crippen molar-refractivity contribution in [1.82, 2.24) is 0 Å². The van der Waals surface area contributed by atoms with Gasteiger partial charge in [-0.15, -0.1) is 0 Å². The third-order valence-corrected chi connectivity index (χ3v) is 5.94. The SMILES string of the molecule is NC(=O)c1cccc2c1CCCN2S(=O)(=O)c1ccc([N+](=O)[O-])cc1. The maximum Gasteiger partial charge on any atom is 0.269 e. The van der Waals surface area contributed by atoms with E-state index in [2.05, 4.69) is 0 Å². The normalized spacial score (nSPS) is 14.0. The molecule has 0 saturated carbocycles. The molecule has 1 aliphatic heterocycles. The molecule has 130 valence electrons. The molecule has 2 aromatic carbocycles. The second kappa shape index (κ2) is 6.17. The minimum atomic E-state index is -3.90. The van der Waals surface area contributed by atoms with Crippen molar-refractivity contribution in [2.75, 3.05) is 10.8 Å². The highest BCUT2D eigenvalue weighted by Crippen LogP contribution is 2.34. The summed E-state index contributed by atoms with van der Waals surface area (Å²) in [5, 5.41) is 10.7. The summed E-state index contributed by atoms with van der Waals surface area (Å²) in [6.07, 6.45) is 1.10. The first-order valence-corrected chi connectivity index (χ1v) is 8.95. The summed E-state index contributed by atoms with van der Waals surface area (Å²) in [6, 6.07) is 9.50. The van der Waals surface area contributed by atoms with Gasteiger partial charge in [0.15, 0.2) is 0 Å². The number of fused-ring (bicyclic) bond motifs is 1. The van der Waals surface area contributed by atoms with Crippen LogP contribution in [0, 0.1) is 10.1 Å². The number of nitro groups is 1. The van der Waals surface area contributed by atoms with E-state index in [4.69, 9.17) is 5.73 Å². The van der Waals surface area contributed by atoms with Gasteiger partial charge in [0.1, 0.15) is 0 Å². The van der Waals surface area contributed by atoms with Crippen LogP contribution in [-0.2, 0) is 16.4 Å². The lowest BCUT2D eigenvalue weighted by atomic mass is 9.97. The lowest BCUT2D eigenvalue weighted by Crippen LogP contribution is -2.36. The molecular formula is C16H15N3O5S. The number of primary amides is 1. The molecule has 1 aliphatic rings. The number of amides is 1. The monoisotopic (exact) mass is 361 g/mol. The van der Waals surface area contributed by atoms with Gasteiger partial charge in [-0.2, -0.15) is 0 Å². The molecule has 3 rings (SSSR count). The minimum Gasteiger partial charge on any atom is -0.366 e. The Labute approximate surface area is 144 Å². The maximum absolute atomic E-state index is 13.0. The number of non-ortho nitro benzene ring substituents is 1. The molecule has 25 heavy (non-hydrogen) atoms. The van der Waals surface area contributed by atoms with Gasteiger partial charge in [-0.25, -0.2) is 8.42 Å². The Morgan fingerprint density at radius 2 is 1.84 bits per heavy atom. The molecule has 0 aliphatic carbocycles. The number of sulfonamides is 1. The predicted molar refractivity (Wildman–Crippen MR) is 90.9 cm³/mol. The van der Waals surface area contributed by atoms with Gasteiger partial charge >= 0.3 is 0 Å². The topological polar surface area (TPSA) is 124 Å². The van der Waals surface area contributed by atoms with E-state index in [1.54, 1.807) is 18.2 Å². The number of carbonyl (C=O) groups excluding carboxylic acids is 1. The first-order valence-electron chi connectivity index (χ1n) is 7.51. The number of hydrogen-bond donors (Lipinski definition) is 1. The Bertz CT molecular complexity index is 954. The highest BCUT2D eigenvalue weighted by Gasteiger charge is 2.31. The fraction of sp³-hybridized carbons (Fsp3) is 0.188. The third-order valence-electron chi connectivity index (χ3n) is 4.11. The summed E-state index contributed by atoms with van der Waals surface area (Å²) in [4.78, 5) is 21.7. The molecule has 9 heteroatoms. The van der Waals surface area contributed by atoms with E-state index in [0.29, 0.717) is 29.7 Å². The summed E-state index contributed by atoms with van der Waals surface area (Å²) in [5.74, 6) is -0.605. The van der Waals surface area contributed by atoms with Crippen LogP contribution in [0.25, 0.3) is 0 Å². The fourth-order valence-corrected chi connectivity index (χ4v) is 4.47. The van der Waals surface area contributed by atoms with Crippen LogP contribution >= 0.6 is 0 Å². The average Bonchev–Trinajstić information content (AvgIpc) is 2.60. The van der Waals surface area contributed by atoms with E-state index in [-0.39, 0.29) is 17.1 Å². The number of rotatable bonds is 4. The van der Waals surface area contributed by atoms with Gasteiger partial charge in [-0.3, -0.25) is 19.2 Å². The zero-order chi connectivity index (χ0) is 18.2. The van der Waals surface area contributed by atoms with E-state index < -0.39 is 20.9 Å². The van der Waals surface area contributed by atoms with Gasteiger partial charge in [-0.05, 0) is 42.7 Å². The smallest absolute Gasteiger partial charge is 0.269 e. The number of anilines is 1. The van der Waals surface area contributed by atoms with E-state index in [1.807, 2.05) is 0 Å². The van der Waals surface area contributed by atoms with Crippen molar-refractivity contribution < 1.29 is 18.1 Å². The number of hydrogen-bond acceptors (Lipinski definition) is 5. The van der Waals surface area contributed by atoms with Crippen LogP contribution in [0.3, 0.4) is 0 Å². The summed E-state index contributed by atoms with van der Waals surface area (Å²) in [5.41, 5.74) is 6.52. The Kier molecular flexibility index (Phi) is 4.17. The standard InChI is InChI=1S/C16H15N3O5S/c17-16(20)14-3-1-5-15-13(14)4-2-10-18(15)25(23,24)12-8-6-11(7-9-12)19(21)22/h1,3,5-9H,2,4,10H2,(H2,17,20). The molecule has 0 unspecified atom stereocenters. The molecule has 2 aromatic rings. The Hall–Kier alpha value is -2.94. The molecule has 0 bridgehead atoms. The number of nitrogens with zero attached hydrogens (tertiary/aromatic N) is 2. The maximum atomic E-state index is 13.0. The van der Waals surface area contributed by atoms with E-state index in [1.165, 1.54) is 16.4 Å². The minimum absolute atomic E-state index is 0.0459. The molecular weight excluding hydrogens is 346 g/mol. The summed E-state index contributed by atoms with van der Waals surface area (Å²) in [6.45, 7) is 0.258. The van der Waals surface area contributed by atoms with Crippen molar-refractivity contribution >= 4 is 27.3 Å². The Morgan fingerprint density at radius 3 is 2.44 bits per heavy atom. The third kappa shape index (κ3) is 2.93. The lowest BCUT2D eigenvalue weighted by Gasteiger charge is -2.31. The van der Waals surface area contributed by atoms with Crippen molar-refractivity contribution in [2.24, 2.45) is 5.73 Å². The quantitative estimate of drug-likeness (QED) is 0.657. The van der Waals surface area contributed by atoms with Crippen LogP contribution in [0.4, 0.5) is 11.4 Å². The lowest BCUT2D eigenvalue weighted by molar-refractivity contribution is -0.384. The molecule has 8 nitrogen and oxygen atoms in total. The van der Waals surface area contributed by atoms with Gasteiger partial charge in [0, 0.05) is 24.2 Å². The Balaban J connectivity index is 2.07. The van der Waals surface area contributed by atoms with Crippen LogP contribution in [0.2, 0.25) is 0 Å². The van der Waals surface area contributed by atoms with Crippen LogP contribution in [0.15, 0.2) is 47.4 Å². The average molecular weight is 361 g/mol. The number of benzene rings is 2. The van der Waals surface area contributed by atoms with Crippen LogP contribution < -0.4 is 10.0 Å². The molecule has 0 saturated heterocycles. The summed E-state index contributed by atoms with van der Waals surface area (Å²) >= 11 is 0. The number of carbonyl (C=O) groups is 1. The van der Waals surface area contributed by atoms with Gasteiger partial charge in [0.25, 0.3) is 15.7 Å². The van der Waals surface area contributed by atoms with Gasteiger partial charge < -0.3 is 5.73 Å². The van der Waals surface area contributed by atoms with E-state index in [9.17, 15) is 23.3 Å². The first kappa shape index (κ1) is 16.9. The number of nitrogens with two attached hydrogens (primary N) is 1. The number of nitro benzene ring substituents is 1. The van der Waals surface area contributed by atoms with E-state index >= 15 is 0 Å². The largest absolute Gasteiger partial charge is 0.366 e. The zero-order valence-corrected chi connectivity index (χ0v) is 13.9. The molecule has 0 radical (unpaired) electrons. The fourth-order valence-electron chi connectivity index (χ4n) is 2.94. The van der Waals surface area contributed by atoms with Gasteiger partial charge in [0.05, 0.1) is 15.5 Å². The van der Waals surface area contributed by atoms with Crippen molar-refractivity contribution in [3.05, 3.63) is 63.7 Å². The highest BCUT2D eigenvalue weighted by atomic mass is 32.2. The molecule has 0 aromatic heterocycles. The molecule has 2 N–H and O–H groups in total. The second-order valence-corrected chi connectivity index (χ2v) is 7.46. The Morgan fingerprint density at radius 1 is 1.16 bits per heavy atom. The first-order chi connectivity index (χ1) is 11.8. The molecule has 0 spiro atoms. The van der Waals surface area contributed by atoms with Crippen LogP contribution in [-0.4, -0.2) is 25.8 Å². The van der Waals surface area contributed by atoms with Gasteiger partial charge in [-0.1, -0.05) is 6.07 Å². The van der Waals surface area contributed by atoms with Crippen molar-refractivity contribution in [3.63, 3.8) is 0 Å². The summed E-state index contributed by atoms with van der Waals surface area (Å²) in [7, 11) is -3.90. The second-order valence-electron chi connectivity index (χ2n) is 5.60. The van der Waals surface area contributed by atoms with E-state index in [0.717, 1.165) is 12.1 Å². The van der Waals surface area contributed by atoms with Crippen LogP contribution in [0.5, 0.6) is 0 Å². The molecule has 1 amide bonds. The highest BCUT2D eigenvalue weighted by molar-refractivity contribution is 7.92. The van der Waals surface area contributed by atoms with Crippen molar-refractivity contribution in [3.8, 4) is 0 Å².